The van der Waals surface area contributed by atoms with Gasteiger partial charge in [0.1, 0.15) is 0 Å². The Labute approximate surface area is 101 Å². The zero-order valence-electron chi connectivity index (χ0n) is 10.2. The van der Waals surface area contributed by atoms with Crippen molar-refractivity contribution in [1.82, 2.24) is 10.6 Å². The predicted octanol–water partition coefficient (Wildman–Crippen LogP) is 0.574. The van der Waals surface area contributed by atoms with Gasteiger partial charge in [-0.25, -0.2) is 4.79 Å². The Morgan fingerprint density at radius 2 is 2.06 bits per heavy atom. The van der Waals surface area contributed by atoms with Crippen LogP contribution in [0.1, 0.15) is 26.2 Å². The predicted molar refractivity (Wildman–Crippen MR) is 61.8 cm³/mol. The molecule has 1 aliphatic carbocycles. The van der Waals surface area contributed by atoms with Crippen molar-refractivity contribution in [1.29, 1.82) is 0 Å². The van der Waals surface area contributed by atoms with Crippen LogP contribution < -0.4 is 10.6 Å². The Morgan fingerprint density at radius 1 is 1.41 bits per heavy atom. The molecule has 0 radical (unpaired) electrons. The molecule has 1 fully saturated rings. The van der Waals surface area contributed by atoms with Crippen LogP contribution in [0.15, 0.2) is 0 Å². The van der Waals surface area contributed by atoms with Crippen molar-refractivity contribution >= 4 is 12.0 Å². The number of methoxy groups -OCH3 is 1. The summed E-state index contributed by atoms with van der Waals surface area (Å²) in [6.45, 7) is 2.26. The zero-order chi connectivity index (χ0) is 12.8. The van der Waals surface area contributed by atoms with Crippen LogP contribution in [0.25, 0.3) is 0 Å². The van der Waals surface area contributed by atoms with Gasteiger partial charge in [-0.1, -0.05) is 0 Å². The SMILES string of the molecule is COCC(C)NC(=O)NC(CC(=O)O)C1CC1. The number of nitrogens with one attached hydrogen (secondary N) is 2. The van der Waals surface area contributed by atoms with Gasteiger partial charge in [0.25, 0.3) is 0 Å². The number of rotatable bonds is 7. The van der Waals surface area contributed by atoms with Gasteiger partial charge in [-0.15, -0.1) is 0 Å². The van der Waals surface area contributed by atoms with Gasteiger partial charge in [-0.2, -0.15) is 0 Å². The van der Waals surface area contributed by atoms with Crippen molar-refractivity contribution in [2.45, 2.75) is 38.3 Å². The highest BCUT2D eigenvalue weighted by atomic mass is 16.5. The molecular formula is C11H20N2O4. The second-order valence-electron chi connectivity index (χ2n) is 4.52. The smallest absolute Gasteiger partial charge is 0.315 e. The number of carboxylic acids is 1. The zero-order valence-corrected chi connectivity index (χ0v) is 10.2. The van der Waals surface area contributed by atoms with E-state index in [-0.39, 0.29) is 24.5 Å². The minimum absolute atomic E-state index is 0.0171. The van der Waals surface area contributed by atoms with Gasteiger partial charge in [0.05, 0.1) is 19.1 Å². The van der Waals surface area contributed by atoms with Crippen molar-refractivity contribution in [3.05, 3.63) is 0 Å². The third kappa shape index (κ3) is 5.53. The Balaban J connectivity index is 2.33. The van der Waals surface area contributed by atoms with Crippen LogP contribution in [0, 0.1) is 5.92 Å². The second-order valence-corrected chi connectivity index (χ2v) is 4.52. The number of hydrogen-bond donors (Lipinski definition) is 3. The van der Waals surface area contributed by atoms with Gasteiger partial charge >= 0.3 is 12.0 Å². The number of aliphatic carboxylic acids is 1. The fraction of sp³-hybridized carbons (Fsp3) is 0.818. The van der Waals surface area contributed by atoms with E-state index in [4.69, 9.17) is 9.84 Å². The molecule has 2 atom stereocenters. The van der Waals surface area contributed by atoms with Crippen molar-refractivity contribution in [2.24, 2.45) is 5.92 Å². The van der Waals surface area contributed by atoms with E-state index in [2.05, 4.69) is 10.6 Å². The van der Waals surface area contributed by atoms with Gasteiger partial charge in [-0.05, 0) is 25.7 Å². The number of carbonyl (C=O) groups is 2. The van der Waals surface area contributed by atoms with Gasteiger partial charge in [-0.3, -0.25) is 4.79 Å². The number of hydrogen-bond acceptors (Lipinski definition) is 3. The summed E-state index contributed by atoms with van der Waals surface area (Å²) in [6.07, 6.45) is 1.97. The standard InChI is InChI=1S/C11H20N2O4/c1-7(6-17-2)12-11(16)13-9(5-10(14)15)8-3-4-8/h7-9H,3-6H2,1-2H3,(H,14,15)(H2,12,13,16). The molecule has 17 heavy (non-hydrogen) atoms. The molecule has 0 bridgehead atoms. The fourth-order valence-corrected chi connectivity index (χ4v) is 1.75. The van der Waals surface area contributed by atoms with Crippen LogP contribution in [0.5, 0.6) is 0 Å². The summed E-state index contributed by atoms with van der Waals surface area (Å²) in [5.74, 6) is -0.568. The fourth-order valence-electron chi connectivity index (χ4n) is 1.75. The van der Waals surface area contributed by atoms with E-state index in [0.717, 1.165) is 12.8 Å². The summed E-state index contributed by atoms with van der Waals surface area (Å²) in [7, 11) is 1.56. The summed E-state index contributed by atoms with van der Waals surface area (Å²) in [5, 5.41) is 14.2. The first kappa shape index (κ1) is 13.8. The number of urea groups is 1. The van der Waals surface area contributed by atoms with Crippen LogP contribution in [0.4, 0.5) is 4.79 Å². The Morgan fingerprint density at radius 3 is 2.53 bits per heavy atom. The van der Waals surface area contributed by atoms with Gasteiger partial charge in [0, 0.05) is 13.2 Å². The molecular weight excluding hydrogens is 224 g/mol. The van der Waals surface area contributed by atoms with Crippen molar-refractivity contribution in [3.63, 3.8) is 0 Å². The highest BCUT2D eigenvalue weighted by molar-refractivity contribution is 5.76. The van der Waals surface area contributed by atoms with E-state index in [0.29, 0.717) is 12.5 Å². The Hall–Kier alpha value is -1.30. The summed E-state index contributed by atoms with van der Waals surface area (Å²) < 4.78 is 4.90. The number of carbonyl (C=O) groups excluding carboxylic acids is 1. The summed E-state index contributed by atoms with van der Waals surface area (Å²) in [6, 6.07) is -0.681. The summed E-state index contributed by atoms with van der Waals surface area (Å²) in [4.78, 5) is 22.2. The molecule has 0 heterocycles. The third-order valence-electron chi connectivity index (χ3n) is 2.70. The maximum atomic E-state index is 11.6. The molecule has 0 aliphatic heterocycles. The van der Waals surface area contributed by atoms with E-state index in [1.807, 2.05) is 6.92 Å². The average Bonchev–Trinajstić information content (AvgIpc) is 2.98. The van der Waals surface area contributed by atoms with E-state index in [9.17, 15) is 9.59 Å². The van der Waals surface area contributed by atoms with Gasteiger partial charge in [0.2, 0.25) is 0 Å². The quantitative estimate of drug-likeness (QED) is 0.611. The topological polar surface area (TPSA) is 87.7 Å². The lowest BCUT2D eigenvalue weighted by Crippen LogP contribution is -2.48. The second kappa shape index (κ2) is 6.44. The first-order valence-electron chi connectivity index (χ1n) is 5.80. The molecule has 1 saturated carbocycles. The Kier molecular flexibility index (Phi) is 5.21. The normalized spacial score (nSPS) is 18.2. The number of ether oxygens (including phenoxy) is 1. The molecule has 6 nitrogen and oxygen atoms in total. The van der Waals surface area contributed by atoms with Crippen molar-refractivity contribution in [3.8, 4) is 0 Å². The molecule has 0 aromatic carbocycles. The molecule has 0 saturated heterocycles. The summed E-state index contributed by atoms with van der Waals surface area (Å²) in [5.41, 5.74) is 0. The monoisotopic (exact) mass is 244 g/mol. The molecule has 0 spiro atoms. The van der Waals surface area contributed by atoms with Crippen molar-refractivity contribution < 1.29 is 19.4 Å². The van der Waals surface area contributed by atoms with Crippen LogP contribution in [-0.4, -0.2) is 42.9 Å². The molecule has 3 N–H and O–H groups in total. The minimum atomic E-state index is -0.882. The lowest BCUT2D eigenvalue weighted by atomic mass is 10.1. The number of amides is 2. The molecule has 98 valence electrons. The highest BCUT2D eigenvalue weighted by Gasteiger charge is 2.33. The average molecular weight is 244 g/mol. The van der Waals surface area contributed by atoms with E-state index in [1.165, 1.54) is 0 Å². The molecule has 2 amide bonds. The first-order valence-corrected chi connectivity index (χ1v) is 5.80. The van der Waals surface area contributed by atoms with Crippen LogP contribution in [-0.2, 0) is 9.53 Å². The van der Waals surface area contributed by atoms with E-state index in [1.54, 1.807) is 7.11 Å². The molecule has 1 rings (SSSR count). The number of carboxylic acid groups (broad SMARTS) is 1. The lowest BCUT2D eigenvalue weighted by Gasteiger charge is -2.19. The lowest BCUT2D eigenvalue weighted by molar-refractivity contribution is -0.137. The van der Waals surface area contributed by atoms with E-state index < -0.39 is 5.97 Å². The molecule has 0 aromatic rings. The minimum Gasteiger partial charge on any atom is -0.481 e. The summed E-state index contributed by atoms with van der Waals surface area (Å²) >= 11 is 0. The first-order chi connectivity index (χ1) is 8.02. The Bertz CT molecular complexity index is 279. The molecule has 1 aliphatic rings. The molecule has 6 heteroatoms. The maximum absolute atomic E-state index is 11.6. The molecule has 0 aromatic heterocycles. The van der Waals surface area contributed by atoms with Crippen molar-refractivity contribution in [2.75, 3.05) is 13.7 Å². The van der Waals surface area contributed by atoms with Crippen LogP contribution >= 0.6 is 0 Å². The highest BCUT2D eigenvalue weighted by Crippen LogP contribution is 2.33. The van der Waals surface area contributed by atoms with Crippen LogP contribution in [0.3, 0.4) is 0 Å². The van der Waals surface area contributed by atoms with E-state index >= 15 is 0 Å². The van der Waals surface area contributed by atoms with Gasteiger partial charge < -0.3 is 20.5 Å². The molecule has 2 unspecified atom stereocenters. The maximum Gasteiger partial charge on any atom is 0.315 e. The van der Waals surface area contributed by atoms with Gasteiger partial charge in [0.15, 0.2) is 0 Å². The third-order valence-corrected chi connectivity index (χ3v) is 2.70. The largest absolute Gasteiger partial charge is 0.481 e. The van der Waals surface area contributed by atoms with Crippen LogP contribution in [0.2, 0.25) is 0 Å².